The Kier molecular flexibility index (Phi) is 4.08. The molecule has 0 bridgehead atoms. The average Bonchev–Trinajstić information content (AvgIpc) is 2.32. The van der Waals surface area contributed by atoms with Crippen LogP contribution in [0.4, 0.5) is 5.69 Å². The Morgan fingerprint density at radius 3 is 2.59 bits per heavy atom. The number of benzene rings is 1. The van der Waals surface area contributed by atoms with E-state index in [1.165, 1.54) is 0 Å². The molecule has 1 aliphatic rings. The van der Waals surface area contributed by atoms with Gasteiger partial charge in [-0.15, -0.1) is 0 Å². The minimum atomic E-state index is 0.240. The fourth-order valence-electron chi connectivity index (χ4n) is 1.81. The van der Waals surface area contributed by atoms with Crippen LogP contribution in [0.2, 0.25) is 10.0 Å². The number of allylic oxidation sites excluding steroid dienone is 1. The van der Waals surface area contributed by atoms with E-state index in [0.717, 1.165) is 30.5 Å². The van der Waals surface area contributed by atoms with Gasteiger partial charge in [0.1, 0.15) is 0 Å². The standard InChI is InChI=1S/C13H13Cl2NO/c14-11-6-5-10(7-12(11)15)16-8-9-3-1-2-4-13(9)17/h5-8,16H,1-4H2. The first-order valence-corrected chi connectivity index (χ1v) is 6.36. The lowest BCUT2D eigenvalue weighted by molar-refractivity contribution is -0.116. The van der Waals surface area contributed by atoms with E-state index in [0.29, 0.717) is 16.5 Å². The number of anilines is 1. The second kappa shape index (κ2) is 5.56. The first-order valence-electron chi connectivity index (χ1n) is 5.60. The van der Waals surface area contributed by atoms with Crippen molar-refractivity contribution in [3.8, 4) is 0 Å². The lowest BCUT2D eigenvalue weighted by Crippen LogP contribution is -2.09. The molecule has 90 valence electrons. The number of rotatable bonds is 2. The van der Waals surface area contributed by atoms with Crippen LogP contribution in [0.1, 0.15) is 25.7 Å². The predicted octanol–water partition coefficient (Wildman–Crippen LogP) is 4.43. The third-order valence-corrected chi connectivity index (χ3v) is 3.53. The van der Waals surface area contributed by atoms with Crippen molar-refractivity contribution in [3.63, 3.8) is 0 Å². The minimum Gasteiger partial charge on any atom is -0.361 e. The van der Waals surface area contributed by atoms with E-state index in [1.807, 2.05) is 6.07 Å². The Morgan fingerprint density at radius 1 is 1.12 bits per heavy atom. The Morgan fingerprint density at radius 2 is 1.88 bits per heavy atom. The van der Waals surface area contributed by atoms with Crippen molar-refractivity contribution in [2.24, 2.45) is 0 Å². The van der Waals surface area contributed by atoms with Gasteiger partial charge in [0.25, 0.3) is 0 Å². The highest BCUT2D eigenvalue weighted by atomic mass is 35.5. The first kappa shape index (κ1) is 12.5. The molecule has 0 aromatic heterocycles. The number of halogens is 2. The van der Waals surface area contributed by atoms with E-state index >= 15 is 0 Å². The van der Waals surface area contributed by atoms with Crippen LogP contribution >= 0.6 is 23.2 Å². The van der Waals surface area contributed by atoms with E-state index in [4.69, 9.17) is 23.2 Å². The van der Waals surface area contributed by atoms with E-state index in [2.05, 4.69) is 5.32 Å². The van der Waals surface area contributed by atoms with Gasteiger partial charge in [0, 0.05) is 23.9 Å². The van der Waals surface area contributed by atoms with Gasteiger partial charge in [-0.2, -0.15) is 0 Å². The maximum absolute atomic E-state index is 11.6. The van der Waals surface area contributed by atoms with Gasteiger partial charge in [-0.1, -0.05) is 23.2 Å². The highest BCUT2D eigenvalue weighted by molar-refractivity contribution is 6.42. The Bertz CT molecular complexity index is 468. The maximum atomic E-state index is 11.6. The Hall–Kier alpha value is -0.990. The molecule has 0 heterocycles. The number of nitrogens with one attached hydrogen (secondary N) is 1. The van der Waals surface area contributed by atoms with Crippen molar-refractivity contribution >= 4 is 34.7 Å². The van der Waals surface area contributed by atoms with Crippen molar-refractivity contribution in [3.05, 3.63) is 40.0 Å². The molecular formula is C13H13Cl2NO. The summed E-state index contributed by atoms with van der Waals surface area (Å²) < 4.78 is 0. The average molecular weight is 270 g/mol. The predicted molar refractivity (Wildman–Crippen MR) is 71.6 cm³/mol. The SMILES string of the molecule is O=C1CCCCC1=CNc1ccc(Cl)c(Cl)c1. The number of carbonyl (C=O) groups is 1. The lowest BCUT2D eigenvalue weighted by Gasteiger charge is -2.13. The first-order chi connectivity index (χ1) is 8.16. The quantitative estimate of drug-likeness (QED) is 0.805. The van der Waals surface area contributed by atoms with Crippen molar-refractivity contribution in [2.75, 3.05) is 5.32 Å². The molecule has 0 aliphatic heterocycles. The van der Waals surface area contributed by atoms with E-state index in [-0.39, 0.29) is 5.78 Å². The summed E-state index contributed by atoms with van der Waals surface area (Å²) in [5.74, 6) is 0.240. The summed E-state index contributed by atoms with van der Waals surface area (Å²) in [6.45, 7) is 0. The molecule has 1 aromatic carbocycles. The van der Waals surface area contributed by atoms with Crippen LogP contribution in [-0.4, -0.2) is 5.78 Å². The largest absolute Gasteiger partial charge is 0.361 e. The zero-order chi connectivity index (χ0) is 12.3. The molecule has 0 atom stereocenters. The number of Topliss-reactive ketones (excluding diaryl/α,β-unsaturated/α-hetero) is 1. The Balaban J connectivity index is 2.08. The van der Waals surface area contributed by atoms with Gasteiger partial charge in [-0.05, 0) is 37.5 Å². The number of hydrogen-bond donors (Lipinski definition) is 1. The van der Waals surface area contributed by atoms with Gasteiger partial charge in [0.2, 0.25) is 0 Å². The van der Waals surface area contributed by atoms with Crippen LogP contribution in [0.3, 0.4) is 0 Å². The summed E-state index contributed by atoms with van der Waals surface area (Å²) >= 11 is 11.7. The van der Waals surface area contributed by atoms with Gasteiger partial charge in [0.05, 0.1) is 10.0 Å². The fourth-order valence-corrected chi connectivity index (χ4v) is 2.11. The van der Waals surface area contributed by atoms with Crippen LogP contribution in [0, 0.1) is 0 Å². The highest BCUT2D eigenvalue weighted by Crippen LogP contribution is 2.25. The van der Waals surface area contributed by atoms with Crippen molar-refractivity contribution < 1.29 is 4.79 Å². The van der Waals surface area contributed by atoms with Crippen LogP contribution in [0.15, 0.2) is 30.0 Å². The van der Waals surface area contributed by atoms with Crippen LogP contribution in [0.5, 0.6) is 0 Å². The zero-order valence-corrected chi connectivity index (χ0v) is 10.8. The molecule has 1 aromatic rings. The van der Waals surface area contributed by atoms with Crippen LogP contribution in [0.25, 0.3) is 0 Å². The van der Waals surface area contributed by atoms with Crippen LogP contribution in [-0.2, 0) is 4.79 Å². The van der Waals surface area contributed by atoms with Gasteiger partial charge in [-0.25, -0.2) is 0 Å². The zero-order valence-electron chi connectivity index (χ0n) is 9.30. The molecule has 4 heteroatoms. The normalized spacial score (nSPS) is 18.5. The topological polar surface area (TPSA) is 29.1 Å². The summed E-state index contributed by atoms with van der Waals surface area (Å²) in [5, 5.41) is 4.12. The third-order valence-electron chi connectivity index (χ3n) is 2.79. The van der Waals surface area contributed by atoms with E-state index in [9.17, 15) is 4.79 Å². The van der Waals surface area contributed by atoms with Gasteiger partial charge >= 0.3 is 0 Å². The molecular weight excluding hydrogens is 257 g/mol. The second-order valence-corrected chi connectivity index (χ2v) is 4.89. The number of carbonyl (C=O) groups excluding carboxylic acids is 1. The molecule has 2 rings (SSSR count). The van der Waals surface area contributed by atoms with Crippen molar-refractivity contribution in [1.29, 1.82) is 0 Å². The van der Waals surface area contributed by atoms with Crippen molar-refractivity contribution in [2.45, 2.75) is 25.7 Å². The van der Waals surface area contributed by atoms with E-state index < -0.39 is 0 Å². The number of hydrogen-bond acceptors (Lipinski definition) is 2. The second-order valence-electron chi connectivity index (χ2n) is 4.07. The smallest absolute Gasteiger partial charge is 0.160 e. The molecule has 17 heavy (non-hydrogen) atoms. The molecule has 0 amide bonds. The lowest BCUT2D eigenvalue weighted by atomic mass is 9.94. The van der Waals surface area contributed by atoms with Gasteiger partial charge in [0.15, 0.2) is 5.78 Å². The molecule has 2 nitrogen and oxygen atoms in total. The van der Waals surface area contributed by atoms with Gasteiger partial charge < -0.3 is 5.32 Å². The molecule has 1 N–H and O–H groups in total. The molecule has 1 aliphatic carbocycles. The van der Waals surface area contributed by atoms with Crippen molar-refractivity contribution in [1.82, 2.24) is 0 Å². The summed E-state index contributed by atoms with van der Waals surface area (Å²) in [6.07, 6.45) is 5.38. The minimum absolute atomic E-state index is 0.240. The van der Waals surface area contributed by atoms with Gasteiger partial charge in [-0.3, -0.25) is 4.79 Å². The fraction of sp³-hybridized carbons (Fsp3) is 0.308. The maximum Gasteiger partial charge on any atom is 0.160 e. The van der Waals surface area contributed by atoms with Crippen LogP contribution < -0.4 is 5.32 Å². The Labute approximate surface area is 111 Å². The third kappa shape index (κ3) is 3.24. The molecule has 0 radical (unpaired) electrons. The molecule has 1 saturated carbocycles. The monoisotopic (exact) mass is 269 g/mol. The summed E-state index contributed by atoms with van der Waals surface area (Å²) in [5.41, 5.74) is 1.70. The molecule has 1 fully saturated rings. The summed E-state index contributed by atoms with van der Waals surface area (Å²) in [6, 6.07) is 5.31. The highest BCUT2D eigenvalue weighted by Gasteiger charge is 2.14. The molecule has 0 saturated heterocycles. The summed E-state index contributed by atoms with van der Waals surface area (Å²) in [7, 11) is 0. The number of ketones is 1. The summed E-state index contributed by atoms with van der Waals surface area (Å²) in [4.78, 5) is 11.6. The molecule has 0 spiro atoms. The van der Waals surface area contributed by atoms with E-state index in [1.54, 1.807) is 18.3 Å². The molecule has 0 unspecified atom stereocenters.